The van der Waals surface area contributed by atoms with Crippen molar-refractivity contribution >= 4 is 22.1 Å². The van der Waals surface area contributed by atoms with Crippen LogP contribution in [0.15, 0.2) is 0 Å². The van der Waals surface area contributed by atoms with Gasteiger partial charge in [-0.1, -0.05) is 13.8 Å². The SMILES string of the molecule is COC(=O)NS(=O)(=O)NC(C(=N)N)C(C)C. The van der Waals surface area contributed by atoms with E-state index < -0.39 is 22.3 Å². The van der Waals surface area contributed by atoms with Crippen molar-refractivity contribution in [2.45, 2.75) is 19.9 Å². The zero-order valence-corrected chi connectivity index (χ0v) is 10.1. The smallest absolute Gasteiger partial charge is 0.421 e. The fourth-order valence-corrected chi connectivity index (χ4v) is 2.00. The average molecular weight is 252 g/mol. The monoisotopic (exact) mass is 252 g/mol. The summed E-state index contributed by atoms with van der Waals surface area (Å²) >= 11 is 0. The van der Waals surface area contributed by atoms with Crippen LogP contribution in [0.1, 0.15) is 13.8 Å². The summed E-state index contributed by atoms with van der Waals surface area (Å²) < 4.78 is 30.5. The van der Waals surface area contributed by atoms with E-state index in [2.05, 4.69) is 9.46 Å². The van der Waals surface area contributed by atoms with E-state index in [0.717, 1.165) is 7.11 Å². The summed E-state index contributed by atoms with van der Waals surface area (Å²) in [5.74, 6) is -0.544. The van der Waals surface area contributed by atoms with Gasteiger partial charge in [-0.25, -0.2) is 9.52 Å². The highest BCUT2D eigenvalue weighted by atomic mass is 32.2. The number of amides is 1. The lowest BCUT2D eigenvalue weighted by Gasteiger charge is -2.20. The van der Waals surface area contributed by atoms with Gasteiger partial charge in [0.15, 0.2) is 0 Å². The molecule has 0 heterocycles. The molecular weight excluding hydrogens is 236 g/mol. The van der Waals surface area contributed by atoms with Crippen molar-refractivity contribution in [2.75, 3.05) is 7.11 Å². The largest absolute Gasteiger partial charge is 0.452 e. The molecule has 0 aliphatic rings. The van der Waals surface area contributed by atoms with Crippen LogP contribution in [0.3, 0.4) is 0 Å². The molecule has 0 bridgehead atoms. The second kappa shape index (κ2) is 5.66. The predicted octanol–water partition coefficient (Wildman–Crippen LogP) is -0.863. The van der Waals surface area contributed by atoms with E-state index in [1.165, 1.54) is 0 Å². The van der Waals surface area contributed by atoms with Crippen molar-refractivity contribution in [3.8, 4) is 0 Å². The van der Waals surface area contributed by atoms with Crippen LogP contribution in [0.25, 0.3) is 0 Å². The van der Waals surface area contributed by atoms with Crippen molar-refractivity contribution in [3.05, 3.63) is 0 Å². The highest BCUT2D eigenvalue weighted by molar-refractivity contribution is 7.88. The summed E-state index contributed by atoms with van der Waals surface area (Å²) in [6.45, 7) is 3.37. The van der Waals surface area contributed by atoms with Crippen LogP contribution in [0, 0.1) is 11.3 Å². The molecule has 9 heteroatoms. The molecule has 0 rings (SSSR count). The van der Waals surface area contributed by atoms with Gasteiger partial charge in [-0.15, -0.1) is 0 Å². The lowest BCUT2D eigenvalue weighted by Crippen LogP contribution is -2.52. The van der Waals surface area contributed by atoms with Gasteiger partial charge in [0.2, 0.25) is 0 Å². The summed E-state index contributed by atoms with van der Waals surface area (Å²) in [5.41, 5.74) is 5.22. The normalized spacial score (nSPS) is 13.2. The van der Waals surface area contributed by atoms with Crippen LogP contribution < -0.4 is 15.2 Å². The van der Waals surface area contributed by atoms with E-state index in [4.69, 9.17) is 11.1 Å². The fourth-order valence-electron chi connectivity index (χ4n) is 0.907. The molecule has 0 aromatic heterocycles. The summed E-state index contributed by atoms with van der Waals surface area (Å²) in [5, 5.41) is 7.20. The Kier molecular flexibility index (Phi) is 5.18. The minimum atomic E-state index is -4.08. The zero-order valence-electron chi connectivity index (χ0n) is 9.27. The molecule has 0 aromatic carbocycles. The molecule has 0 radical (unpaired) electrons. The molecule has 0 aliphatic heterocycles. The fraction of sp³-hybridized carbons (Fsp3) is 0.714. The number of nitrogens with two attached hydrogens (primary N) is 1. The van der Waals surface area contributed by atoms with E-state index in [0.29, 0.717) is 0 Å². The second-order valence-corrected chi connectivity index (χ2v) is 4.84. The maximum Gasteiger partial charge on any atom is 0.421 e. The van der Waals surface area contributed by atoms with E-state index in [-0.39, 0.29) is 11.8 Å². The van der Waals surface area contributed by atoms with Gasteiger partial charge in [0.05, 0.1) is 13.2 Å². The molecule has 5 N–H and O–H groups in total. The van der Waals surface area contributed by atoms with Crippen molar-refractivity contribution < 1.29 is 17.9 Å². The first-order chi connectivity index (χ1) is 7.19. The summed E-state index contributed by atoms with van der Waals surface area (Å²) in [4.78, 5) is 10.7. The third kappa shape index (κ3) is 4.94. The Labute approximate surface area is 94.2 Å². The molecule has 8 nitrogen and oxygen atoms in total. The first-order valence-electron chi connectivity index (χ1n) is 4.41. The Morgan fingerprint density at radius 2 is 1.94 bits per heavy atom. The van der Waals surface area contributed by atoms with E-state index >= 15 is 0 Å². The number of amidine groups is 1. The minimum Gasteiger partial charge on any atom is -0.452 e. The third-order valence-electron chi connectivity index (χ3n) is 1.69. The van der Waals surface area contributed by atoms with Gasteiger partial charge in [0.25, 0.3) is 0 Å². The Bertz CT molecular complexity index is 365. The number of nitrogens with one attached hydrogen (secondary N) is 3. The van der Waals surface area contributed by atoms with Gasteiger partial charge < -0.3 is 10.5 Å². The first kappa shape index (κ1) is 14.6. The van der Waals surface area contributed by atoms with Crippen LogP contribution in [-0.2, 0) is 14.9 Å². The van der Waals surface area contributed by atoms with Crippen LogP contribution in [0.4, 0.5) is 4.79 Å². The number of hydrogen-bond donors (Lipinski definition) is 4. The molecule has 0 aromatic rings. The van der Waals surface area contributed by atoms with Gasteiger partial charge >= 0.3 is 16.3 Å². The van der Waals surface area contributed by atoms with Crippen molar-refractivity contribution in [1.29, 1.82) is 5.41 Å². The van der Waals surface area contributed by atoms with Crippen LogP contribution >= 0.6 is 0 Å². The maximum atomic E-state index is 11.3. The predicted molar refractivity (Wildman–Crippen MR) is 58.1 cm³/mol. The third-order valence-corrected chi connectivity index (χ3v) is 2.69. The van der Waals surface area contributed by atoms with Crippen LogP contribution in [0.5, 0.6) is 0 Å². The number of carbonyl (C=O) groups is 1. The van der Waals surface area contributed by atoms with Crippen molar-refractivity contribution in [2.24, 2.45) is 11.7 Å². The summed E-state index contributed by atoms with van der Waals surface area (Å²) in [6, 6.07) is -0.873. The molecule has 0 spiro atoms. The van der Waals surface area contributed by atoms with E-state index in [9.17, 15) is 13.2 Å². The molecule has 0 saturated heterocycles. The number of hydrogen-bond acceptors (Lipinski definition) is 5. The van der Waals surface area contributed by atoms with Gasteiger partial charge in [0.1, 0.15) is 5.84 Å². The molecule has 94 valence electrons. The Hall–Kier alpha value is -1.35. The number of carbonyl (C=O) groups excluding carboxylic acids is 1. The van der Waals surface area contributed by atoms with Crippen LogP contribution in [-0.4, -0.2) is 33.5 Å². The van der Waals surface area contributed by atoms with E-state index in [1.54, 1.807) is 18.6 Å². The highest BCUT2D eigenvalue weighted by Gasteiger charge is 2.24. The first-order valence-corrected chi connectivity index (χ1v) is 5.90. The topological polar surface area (TPSA) is 134 Å². The molecule has 1 unspecified atom stereocenters. The quantitative estimate of drug-likeness (QED) is 0.373. The van der Waals surface area contributed by atoms with Gasteiger partial charge in [-0.2, -0.15) is 13.1 Å². The number of methoxy groups -OCH3 is 1. The standard InChI is InChI=1S/C7H16N4O4S/c1-4(2)5(6(8)9)10-16(13,14)11-7(12)15-3/h4-5,10H,1-3H3,(H3,8,9)(H,11,12). The molecular formula is C7H16N4O4S. The number of rotatable bonds is 5. The second-order valence-electron chi connectivity index (χ2n) is 3.39. The van der Waals surface area contributed by atoms with Gasteiger partial charge in [-0.05, 0) is 5.92 Å². The summed E-state index contributed by atoms with van der Waals surface area (Å²) in [7, 11) is -3.04. The summed E-state index contributed by atoms with van der Waals surface area (Å²) in [6.07, 6.45) is -1.11. The number of ether oxygens (including phenoxy) is 1. The average Bonchev–Trinajstić information content (AvgIpc) is 2.12. The molecule has 16 heavy (non-hydrogen) atoms. The van der Waals surface area contributed by atoms with E-state index in [1.807, 2.05) is 0 Å². The molecule has 0 aliphatic carbocycles. The zero-order chi connectivity index (χ0) is 12.9. The molecule has 1 amide bonds. The van der Waals surface area contributed by atoms with Crippen LogP contribution in [0.2, 0.25) is 0 Å². The minimum absolute atomic E-state index is 0.216. The van der Waals surface area contributed by atoms with Gasteiger partial charge in [0, 0.05) is 0 Å². The highest BCUT2D eigenvalue weighted by Crippen LogP contribution is 2.02. The Morgan fingerprint density at radius 3 is 2.25 bits per heavy atom. The Balaban J connectivity index is 4.68. The Morgan fingerprint density at radius 1 is 1.44 bits per heavy atom. The van der Waals surface area contributed by atoms with Crippen molar-refractivity contribution in [1.82, 2.24) is 9.44 Å². The lowest BCUT2D eigenvalue weighted by atomic mass is 10.1. The lowest BCUT2D eigenvalue weighted by molar-refractivity contribution is 0.177. The van der Waals surface area contributed by atoms with Gasteiger partial charge in [-0.3, -0.25) is 5.41 Å². The van der Waals surface area contributed by atoms with Crippen molar-refractivity contribution in [3.63, 3.8) is 0 Å². The maximum absolute atomic E-state index is 11.3. The molecule has 0 fully saturated rings. The molecule has 1 atom stereocenters. The molecule has 0 saturated carbocycles.